The van der Waals surface area contributed by atoms with Crippen molar-refractivity contribution in [1.82, 2.24) is 5.01 Å². The Morgan fingerprint density at radius 2 is 1.84 bits per heavy atom. The van der Waals surface area contributed by atoms with E-state index in [-0.39, 0.29) is 0 Å². The maximum atomic E-state index is 5.42. The molecule has 4 rings (SSSR count). The molecule has 1 N–H and O–H groups in total. The van der Waals surface area contributed by atoms with Gasteiger partial charge >= 0.3 is 0 Å². The SMILES string of the molecule is C/C(=N/N1CC[NH+](Cc2cccc3ccccc23)CC1)c1ccco1. The number of hydrogen-bond acceptors (Lipinski definition) is 3. The summed E-state index contributed by atoms with van der Waals surface area (Å²) in [5.41, 5.74) is 2.39. The summed E-state index contributed by atoms with van der Waals surface area (Å²) in [5, 5.41) is 9.60. The summed E-state index contributed by atoms with van der Waals surface area (Å²) in [6.07, 6.45) is 1.70. The minimum atomic E-state index is 0.852. The summed E-state index contributed by atoms with van der Waals surface area (Å²) in [7, 11) is 0. The van der Waals surface area contributed by atoms with E-state index in [1.165, 1.54) is 16.3 Å². The van der Waals surface area contributed by atoms with Crippen LogP contribution in [0.15, 0.2) is 70.4 Å². The molecule has 2 heterocycles. The molecule has 128 valence electrons. The normalized spacial score (nSPS) is 16.5. The van der Waals surface area contributed by atoms with Crippen LogP contribution in [0.25, 0.3) is 10.8 Å². The van der Waals surface area contributed by atoms with Gasteiger partial charge in [-0.1, -0.05) is 42.5 Å². The fourth-order valence-corrected chi connectivity index (χ4v) is 3.55. The van der Waals surface area contributed by atoms with Crippen LogP contribution >= 0.6 is 0 Å². The van der Waals surface area contributed by atoms with Crippen molar-refractivity contribution >= 4 is 16.5 Å². The molecule has 0 bridgehead atoms. The summed E-state index contributed by atoms with van der Waals surface area (Å²) < 4.78 is 5.42. The molecule has 0 atom stereocenters. The maximum absolute atomic E-state index is 5.42. The summed E-state index contributed by atoms with van der Waals surface area (Å²) >= 11 is 0. The molecule has 4 heteroatoms. The van der Waals surface area contributed by atoms with E-state index in [2.05, 4.69) is 47.5 Å². The average molecular weight is 334 g/mol. The first kappa shape index (κ1) is 15.9. The number of nitrogens with zero attached hydrogens (tertiary/aromatic N) is 2. The molecule has 4 nitrogen and oxygen atoms in total. The molecule has 0 spiro atoms. The van der Waals surface area contributed by atoms with Gasteiger partial charge in [-0.2, -0.15) is 5.10 Å². The van der Waals surface area contributed by atoms with E-state index in [1.54, 1.807) is 11.2 Å². The Bertz CT molecular complexity index is 856. The number of nitrogens with one attached hydrogen (secondary N) is 1. The molecule has 1 saturated heterocycles. The predicted molar refractivity (Wildman–Crippen MR) is 101 cm³/mol. The van der Waals surface area contributed by atoms with E-state index in [4.69, 9.17) is 9.52 Å². The number of furan rings is 1. The largest absolute Gasteiger partial charge is 0.463 e. The molecule has 3 aromatic rings. The van der Waals surface area contributed by atoms with Crippen molar-refractivity contribution in [1.29, 1.82) is 0 Å². The lowest BCUT2D eigenvalue weighted by atomic mass is 10.0. The zero-order chi connectivity index (χ0) is 17.1. The number of fused-ring (bicyclic) bond motifs is 1. The van der Waals surface area contributed by atoms with Crippen molar-refractivity contribution in [3.05, 3.63) is 72.2 Å². The maximum Gasteiger partial charge on any atom is 0.149 e. The zero-order valence-corrected chi connectivity index (χ0v) is 14.6. The average Bonchev–Trinajstić information content (AvgIpc) is 3.19. The van der Waals surface area contributed by atoms with Crippen molar-refractivity contribution in [2.24, 2.45) is 5.10 Å². The van der Waals surface area contributed by atoms with Crippen LogP contribution in [0.5, 0.6) is 0 Å². The van der Waals surface area contributed by atoms with E-state index in [0.29, 0.717) is 0 Å². The highest BCUT2D eigenvalue weighted by atomic mass is 16.3. The Morgan fingerprint density at radius 1 is 1.04 bits per heavy atom. The quantitative estimate of drug-likeness (QED) is 0.744. The van der Waals surface area contributed by atoms with Crippen LogP contribution in [0.3, 0.4) is 0 Å². The first-order valence-electron chi connectivity index (χ1n) is 8.94. The number of piperazine rings is 1. The molecule has 0 amide bonds. The van der Waals surface area contributed by atoms with Crippen LogP contribution in [0.4, 0.5) is 0 Å². The second kappa shape index (κ2) is 7.11. The van der Waals surface area contributed by atoms with Crippen molar-refractivity contribution in [2.45, 2.75) is 13.5 Å². The molecular weight excluding hydrogens is 310 g/mol. The molecule has 0 unspecified atom stereocenters. The predicted octanol–water partition coefficient (Wildman–Crippen LogP) is 2.56. The first-order chi connectivity index (χ1) is 12.3. The fourth-order valence-electron chi connectivity index (χ4n) is 3.55. The lowest BCUT2D eigenvalue weighted by Gasteiger charge is -2.31. The Hall–Kier alpha value is -2.59. The highest BCUT2D eigenvalue weighted by Gasteiger charge is 2.20. The van der Waals surface area contributed by atoms with Crippen molar-refractivity contribution in [3.63, 3.8) is 0 Å². The second-order valence-corrected chi connectivity index (χ2v) is 6.68. The van der Waals surface area contributed by atoms with E-state index >= 15 is 0 Å². The van der Waals surface area contributed by atoms with E-state index in [1.807, 2.05) is 19.1 Å². The number of quaternary nitrogens is 1. The van der Waals surface area contributed by atoms with Gasteiger partial charge in [0, 0.05) is 5.56 Å². The smallest absolute Gasteiger partial charge is 0.149 e. The first-order valence-corrected chi connectivity index (χ1v) is 8.94. The van der Waals surface area contributed by atoms with Gasteiger partial charge in [0.1, 0.15) is 12.3 Å². The standard InChI is InChI=1S/C21H23N3O/c1-17(21-10-5-15-25-21)22-24-13-11-23(12-14-24)16-19-8-4-7-18-6-2-3-9-20(18)19/h2-10,15H,11-14,16H2,1H3/p+1/b22-17-. The van der Waals surface area contributed by atoms with Gasteiger partial charge in [-0.05, 0) is 29.8 Å². The van der Waals surface area contributed by atoms with Crippen molar-refractivity contribution in [3.8, 4) is 0 Å². The molecule has 0 aliphatic carbocycles. The Labute approximate surface area is 148 Å². The molecule has 0 saturated carbocycles. The van der Waals surface area contributed by atoms with Gasteiger partial charge in [0.15, 0.2) is 0 Å². The fraction of sp³-hybridized carbons (Fsp3) is 0.286. The third-order valence-electron chi connectivity index (χ3n) is 4.94. The molecule has 1 aliphatic heterocycles. The second-order valence-electron chi connectivity index (χ2n) is 6.68. The Kier molecular flexibility index (Phi) is 4.53. The third kappa shape index (κ3) is 3.59. The molecule has 1 aromatic heterocycles. The number of hydrazone groups is 1. The summed E-state index contributed by atoms with van der Waals surface area (Å²) in [4.78, 5) is 1.62. The van der Waals surface area contributed by atoms with Crippen LogP contribution in [0.1, 0.15) is 18.2 Å². The number of hydrogen-bond donors (Lipinski definition) is 1. The molecule has 1 fully saturated rings. The van der Waals surface area contributed by atoms with Gasteiger partial charge in [0.2, 0.25) is 0 Å². The third-order valence-corrected chi connectivity index (χ3v) is 4.94. The van der Waals surface area contributed by atoms with Gasteiger partial charge in [-0.25, -0.2) is 0 Å². The Balaban J connectivity index is 1.40. The lowest BCUT2D eigenvalue weighted by molar-refractivity contribution is -0.918. The number of rotatable bonds is 4. The van der Waals surface area contributed by atoms with Crippen LogP contribution < -0.4 is 4.90 Å². The minimum absolute atomic E-state index is 0.852. The molecule has 25 heavy (non-hydrogen) atoms. The summed E-state index contributed by atoms with van der Waals surface area (Å²) in [6.45, 7) is 7.27. The van der Waals surface area contributed by atoms with Gasteiger partial charge in [-0.15, -0.1) is 0 Å². The van der Waals surface area contributed by atoms with Crippen molar-refractivity contribution in [2.75, 3.05) is 26.2 Å². The van der Waals surface area contributed by atoms with Crippen molar-refractivity contribution < 1.29 is 9.32 Å². The van der Waals surface area contributed by atoms with Gasteiger partial charge in [-0.3, -0.25) is 5.01 Å². The monoisotopic (exact) mass is 334 g/mol. The van der Waals surface area contributed by atoms with Crippen LogP contribution in [-0.2, 0) is 6.54 Å². The van der Waals surface area contributed by atoms with Gasteiger partial charge in [0.05, 0.1) is 38.2 Å². The van der Waals surface area contributed by atoms with Gasteiger partial charge < -0.3 is 9.32 Å². The summed E-state index contributed by atoms with van der Waals surface area (Å²) in [6, 6.07) is 19.2. The zero-order valence-electron chi connectivity index (χ0n) is 14.6. The van der Waals surface area contributed by atoms with E-state index in [0.717, 1.165) is 44.2 Å². The highest BCUT2D eigenvalue weighted by Crippen LogP contribution is 2.17. The molecule has 1 aliphatic rings. The highest BCUT2D eigenvalue weighted by molar-refractivity contribution is 5.95. The van der Waals surface area contributed by atoms with Crippen LogP contribution in [0, 0.1) is 0 Å². The number of benzene rings is 2. The topological polar surface area (TPSA) is 33.2 Å². The molecular formula is C21H24N3O+. The Morgan fingerprint density at radius 3 is 2.64 bits per heavy atom. The van der Waals surface area contributed by atoms with E-state index in [9.17, 15) is 0 Å². The van der Waals surface area contributed by atoms with Crippen LogP contribution in [0.2, 0.25) is 0 Å². The summed E-state index contributed by atoms with van der Waals surface area (Å²) in [5.74, 6) is 0.852. The van der Waals surface area contributed by atoms with E-state index < -0.39 is 0 Å². The molecule has 0 radical (unpaired) electrons. The van der Waals surface area contributed by atoms with Gasteiger partial charge in [0.25, 0.3) is 0 Å². The minimum Gasteiger partial charge on any atom is -0.463 e. The van der Waals surface area contributed by atoms with Crippen LogP contribution in [-0.4, -0.2) is 36.9 Å². The lowest BCUT2D eigenvalue weighted by Crippen LogP contribution is -3.13. The molecule has 2 aromatic carbocycles.